The first-order valence-electron chi connectivity index (χ1n) is 10.8. The summed E-state index contributed by atoms with van der Waals surface area (Å²) in [5.41, 5.74) is 4.73. The first-order chi connectivity index (χ1) is 15.3. The quantitative estimate of drug-likeness (QED) is 0.407. The van der Waals surface area contributed by atoms with E-state index in [1.165, 1.54) is 0 Å². The molecule has 0 bridgehead atoms. The Labute approximate surface area is 195 Å². The van der Waals surface area contributed by atoms with Gasteiger partial charge in [0.15, 0.2) is 0 Å². The zero-order valence-corrected chi connectivity index (χ0v) is 20.0. The van der Waals surface area contributed by atoms with Gasteiger partial charge in [-0.05, 0) is 72.9 Å². The third-order valence-corrected chi connectivity index (χ3v) is 5.87. The zero-order chi connectivity index (χ0) is 23.3. The summed E-state index contributed by atoms with van der Waals surface area (Å²) in [6.07, 6.45) is 0. The molecule has 0 spiro atoms. The minimum Gasteiger partial charge on any atom is -0.496 e. The maximum Gasteiger partial charge on any atom is 0.251 e. The number of benzene rings is 3. The van der Waals surface area contributed by atoms with Crippen molar-refractivity contribution in [3.63, 3.8) is 0 Å². The summed E-state index contributed by atoms with van der Waals surface area (Å²) in [4.78, 5) is 12.9. The van der Waals surface area contributed by atoms with E-state index in [4.69, 9.17) is 21.1 Å². The van der Waals surface area contributed by atoms with E-state index in [-0.39, 0.29) is 11.9 Å². The molecule has 0 aliphatic heterocycles. The molecule has 3 rings (SSSR count). The number of rotatable bonds is 8. The van der Waals surface area contributed by atoms with Crippen LogP contribution >= 0.6 is 11.6 Å². The third-order valence-electron chi connectivity index (χ3n) is 5.50. The topological polar surface area (TPSA) is 47.6 Å². The van der Waals surface area contributed by atoms with Crippen LogP contribution in [0.2, 0.25) is 5.02 Å². The van der Waals surface area contributed by atoms with Gasteiger partial charge >= 0.3 is 0 Å². The van der Waals surface area contributed by atoms with Crippen LogP contribution in [0.4, 0.5) is 0 Å². The highest BCUT2D eigenvalue weighted by atomic mass is 35.5. The molecule has 5 heteroatoms. The van der Waals surface area contributed by atoms with Gasteiger partial charge in [-0.3, -0.25) is 4.79 Å². The smallest absolute Gasteiger partial charge is 0.251 e. The monoisotopic (exact) mass is 451 g/mol. The van der Waals surface area contributed by atoms with E-state index in [0.29, 0.717) is 28.9 Å². The van der Waals surface area contributed by atoms with E-state index in [0.717, 1.165) is 28.0 Å². The molecule has 0 aliphatic carbocycles. The van der Waals surface area contributed by atoms with E-state index >= 15 is 0 Å². The third kappa shape index (κ3) is 5.63. The van der Waals surface area contributed by atoms with Gasteiger partial charge in [0.25, 0.3) is 5.91 Å². The van der Waals surface area contributed by atoms with Gasteiger partial charge in [0, 0.05) is 16.1 Å². The second kappa shape index (κ2) is 10.6. The standard InChI is InChI=1S/C27H30ClNO3/c1-17(2)23-15-24(18(3)13-26(23)31-5)19(4)29-27(30)20-10-8-11-22(14-20)32-16-21-9-6-7-12-25(21)28/h6-15,17,19H,16H2,1-5H3,(H,29,30)/t19-/m0/s1. The Balaban J connectivity index is 1.73. The van der Waals surface area contributed by atoms with Crippen LogP contribution in [0.25, 0.3) is 0 Å². The maximum atomic E-state index is 12.9. The molecule has 0 aromatic heterocycles. The molecule has 1 atom stereocenters. The predicted molar refractivity (Wildman–Crippen MR) is 130 cm³/mol. The molecule has 1 amide bonds. The Bertz CT molecular complexity index is 1090. The Morgan fingerprint density at radius 1 is 1.00 bits per heavy atom. The molecular formula is C27H30ClNO3. The molecule has 0 radical (unpaired) electrons. The van der Waals surface area contributed by atoms with Crippen LogP contribution in [0.5, 0.6) is 11.5 Å². The fraction of sp³-hybridized carbons (Fsp3) is 0.296. The lowest BCUT2D eigenvalue weighted by Crippen LogP contribution is -2.27. The molecule has 168 valence electrons. The molecule has 3 aromatic rings. The lowest BCUT2D eigenvalue weighted by Gasteiger charge is -2.21. The molecule has 0 saturated heterocycles. The van der Waals surface area contributed by atoms with Crippen LogP contribution in [0.15, 0.2) is 60.7 Å². The van der Waals surface area contributed by atoms with Crippen molar-refractivity contribution >= 4 is 17.5 Å². The number of aryl methyl sites for hydroxylation is 1. The van der Waals surface area contributed by atoms with Crippen molar-refractivity contribution in [2.75, 3.05) is 7.11 Å². The van der Waals surface area contributed by atoms with Crippen molar-refractivity contribution in [1.82, 2.24) is 5.32 Å². The lowest BCUT2D eigenvalue weighted by atomic mass is 9.93. The van der Waals surface area contributed by atoms with Crippen molar-refractivity contribution in [2.45, 2.75) is 46.3 Å². The molecular weight excluding hydrogens is 422 g/mol. The van der Waals surface area contributed by atoms with Gasteiger partial charge < -0.3 is 14.8 Å². The molecule has 3 aromatic carbocycles. The first kappa shape index (κ1) is 23.7. The van der Waals surface area contributed by atoms with Crippen molar-refractivity contribution in [3.05, 3.63) is 93.5 Å². The summed E-state index contributed by atoms with van der Waals surface area (Å²) in [6.45, 7) is 8.63. The number of carbonyl (C=O) groups excluding carboxylic acids is 1. The molecule has 0 saturated carbocycles. The average Bonchev–Trinajstić information content (AvgIpc) is 2.78. The highest BCUT2D eigenvalue weighted by molar-refractivity contribution is 6.31. The van der Waals surface area contributed by atoms with Gasteiger partial charge in [0.2, 0.25) is 0 Å². The van der Waals surface area contributed by atoms with Crippen LogP contribution in [0, 0.1) is 6.92 Å². The highest BCUT2D eigenvalue weighted by Crippen LogP contribution is 2.32. The summed E-state index contributed by atoms with van der Waals surface area (Å²) >= 11 is 6.20. The average molecular weight is 452 g/mol. The predicted octanol–water partition coefficient (Wildman–Crippen LogP) is 6.85. The number of carbonyl (C=O) groups is 1. The van der Waals surface area contributed by atoms with Gasteiger partial charge in [0.05, 0.1) is 13.2 Å². The highest BCUT2D eigenvalue weighted by Gasteiger charge is 2.18. The second-order valence-corrected chi connectivity index (χ2v) is 8.62. The van der Waals surface area contributed by atoms with Gasteiger partial charge in [-0.25, -0.2) is 0 Å². The van der Waals surface area contributed by atoms with E-state index < -0.39 is 0 Å². The number of hydrogen-bond acceptors (Lipinski definition) is 3. The SMILES string of the molecule is COc1cc(C)c([C@H](C)NC(=O)c2cccc(OCc3ccccc3Cl)c2)cc1C(C)C. The van der Waals surface area contributed by atoms with Crippen LogP contribution < -0.4 is 14.8 Å². The number of amides is 1. The fourth-order valence-electron chi connectivity index (χ4n) is 3.67. The molecule has 4 nitrogen and oxygen atoms in total. The van der Waals surface area contributed by atoms with Gasteiger partial charge in [-0.15, -0.1) is 0 Å². The Morgan fingerprint density at radius 3 is 2.44 bits per heavy atom. The van der Waals surface area contributed by atoms with Crippen molar-refractivity contribution in [1.29, 1.82) is 0 Å². The largest absolute Gasteiger partial charge is 0.496 e. The van der Waals surface area contributed by atoms with Crippen LogP contribution in [0.3, 0.4) is 0 Å². The zero-order valence-electron chi connectivity index (χ0n) is 19.2. The molecule has 0 fully saturated rings. The molecule has 0 unspecified atom stereocenters. The minimum absolute atomic E-state index is 0.151. The normalized spacial score (nSPS) is 11.8. The first-order valence-corrected chi connectivity index (χ1v) is 11.1. The summed E-state index contributed by atoms with van der Waals surface area (Å²) < 4.78 is 11.4. The number of ether oxygens (including phenoxy) is 2. The summed E-state index contributed by atoms with van der Waals surface area (Å²) in [7, 11) is 1.69. The van der Waals surface area contributed by atoms with E-state index in [2.05, 4.69) is 25.2 Å². The number of hydrogen-bond donors (Lipinski definition) is 1. The summed E-state index contributed by atoms with van der Waals surface area (Å²) in [5, 5.41) is 3.77. The van der Waals surface area contributed by atoms with E-state index in [9.17, 15) is 4.79 Å². The minimum atomic E-state index is -0.154. The van der Waals surface area contributed by atoms with E-state index in [1.54, 1.807) is 19.2 Å². The molecule has 0 heterocycles. The van der Waals surface area contributed by atoms with Gasteiger partial charge in [0.1, 0.15) is 18.1 Å². The molecule has 0 aliphatic rings. The second-order valence-electron chi connectivity index (χ2n) is 8.21. The fourth-order valence-corrected chi connectivity index (χ4v) is 3.86. The lowest BCUT2D eigenvalue weighted by molar-refractivity contribution is 0.0939. The van der Waals surface area contributed by atoms with Crippen molar-refractivity contribution in [2.24, 2.45) is 0 Å². The van der Waals surface area contributed by atoms with Crippen LogP contribution in [-0.4, -0.2) is 13.0 Å². The molecule has 1 N–H and O–H groups in total. The van der Waals surface area contributed by atoms with Gasteiger partial charge in [-0.2, -0.15) is 0 Å². The van der Waals surface area contributed by atoms with Gasteiger partial charge in [-0.1, -0.05) is 49.7 Å². The molecule has 32 heavy (non-hydrogen) atoms. The Kier molecular flexibility index (Phi) is 7.81. The van der Waals surface area contributed by atoms with Crippen molar-refractivity contribution in [3.8, 4) is 11.5 Å². The van der Waals surface area contributed by atoms with Crippen LogP contribution in [0.1, 0.15) is 65.3 Å². The maximum absolute atomic E-state index is 12.9. The Hall–Kier alpha value is -2.98. The number of halogens is 1. The summed E-state index contributed by atoms with van der Waals surface area (Å²) in [5.74, 6) is 1.66. The summed E-state index contributed by atoms with van der Waals surface area (Å²) in [6, 6.07) is 18.7. The number of nitrogens with one attached hydrogen (secondary N) is 1. The van der Waals surface area contributed by atoms with Crippen LogP contribution in [-0.2, 0) is 6.61 Å². The van der Waals surface area contributed by atoms with Crippen molar-refractivity contribution < 1.29 is 14.3 Å². The Morgan fingerprint density at radius 2 is 1.75 bits per heavy atom. The number of methoxy groups -OCH3 is 1. The van der Waals surface area contributed by atoms with E-state index in [1.807, 2.05) is 56.3 Å².